The molecule has 0 aliphatic rings. The first-order valence-corrected chi connectivity index (χ1v) is 8.64. The zero-order valence-corrected chi connectivity index (χ0v) is 13.7. The third-order valence-corrected chi connectivity index (χ3v) is 3.98. The molecule has 0 aromatic heterocycles. The summed E-state index contributed by atoms with van der Waals surface area (Å²) in [6.07, 6.45) is 8.38. The minimum atomic E-state index is 1.08. The van der Waals surface area contributed by atoms with Crippen molar-refractivity contribution >= 4 is 22.6 Å². The fraction of sp³-hybridized carbons (Fsp3) is 0.625. The molecule has 0 fully saturated rings. The normalized spacial score (nSPS) is 11.1. The third kappa shape index (κ3) is 8.09. The minimum absolute atomic E-state index is 1.08. The van der Waals surface area contributed by atoms with Crippen molar-refractivity contribution in [1.29, 1.82) is 0 Å². The molecule has 1 aromatic carbocycles. The molecule has 1 aromatic rings. The van der Waals surface area contributed by atoms with Crippen molar-refractivity contribution in [2.45, 2.75) is 45.1 Å². The maximum absolute atomic E-state index is 2.47. The van der Waals surface area contributed by atoms with Gasteiger partial charge in [0.1, 0.15) is 0 Å². The Morgan fingerprint density at radius 1 is 0.889 bits per heavy atom. The van der Waals surface area contributed by atoms with E-state index in [2.05, 4.69) is 64.9 Å². The van der Waals surface area contributed by atoms with Crippen LogP contribution in [0.25, 0.3) is 0 Å². The van der Waals surface area contributed by atoms with Gasteiger partial charge in [-0.15, -0.1) is 0 Å². The Morgan fingerprint density at radius 3 is 2.17 bits per heavy atom. The number of alkyl halides is 1. The van der Waals surface area contributed by atoms with Gasteiger partial charge in [-0.1, -0.05) is 78.6 Å². The molecule has 0 N–H and O–H groups in total. The van der Waals surface area contributed by atoms with E-state index < -0.39 is 0 Å². The maximum atomic E-state index is 2.47. The topological polar surface area (TPSA) is 3.24 Å². The summed E-state index contributed by atoms with van der Waals surface area (Å²) in [7, 11) is 2.23. The van der Waals surface area contributed by atoms with Crippen molar-refractivity contribution < 1.29 is 0 Å². The van der Waals surface area contributed by atoms with E-state index in [0.717, 1.165) is 6.54 Å². The molecule has 0 unspecified atom stereocenters. The van der Waals surface area contributed by atoms with E-state index in [1.54, 1.807) is 0 Å². The second kappa shape index (κ2) is 10.8. The van der Waals surface area contributed by atoms with E-state index in [1.807, 2.05) is 0 Å². The second-order valence-corrected chi connectivity index (χ2v) is 6.11. The first-order chi connectivity index (χ1) is 8.83. The van der Waals surface area contributed by atoms with Gasteiger partial charge in [0.25, 0.3) is 0 Å². The Kier molecular flexibility index (Phi) is 9.58. The lowest BCUT2D eigenvalue weighted by Crippen LogP contribution is -2.18. The summed E-state index contributed by atoms with van der Waals surface area (Å²) in [6.45, 7) is 2.30. The van der Waals surface area contributed by atoms with Gasteiger partial charge >= 0.3 is 0 Å². The number of hydrogen-bond donors (Lipinski definition) is 0. The van der Waals surface area contributed by atoms with Gasteiger partial charge in [0.15, 0.2) is 0 Å². The molecule has 1 nitrogen and oxygen atoms in total. The third-order valence-electron chi connectivity index (χ3n) is 3.22. The van der Waals surface area contributed by atoms with Gasteiger partial charge in [-0.05, 0) is 36.4 Å². The van der Waals surface area contributed by atoms with E-state index in [0.29, 0.717) is 0 Å². The molecule has 102 valence electrons. The fourth-order valence-electron chi connectivity index (χ4n) is 2.16. The Bertz CT molecular complexity index is 286. The lowest BCUT2D eigenvalue weighted by atomic mass is 10.1. The fourth-order valence-corrected chi connectivity index (χ4v) is 2.70. The number of benzene rings is 1. The first kappa shape index (κ1) is 16.0. The highest BCUT2D eigenvalue weighted by Crippen LogP contribution is 2.08. The average molecular weight is 359 g/mol. The van der Waals surface area contributed by atoms with E-state index in [4.69, 9.17) is 0 Å². The molecule has 0 saturated heterocycles. The molecule has 0 spiro atoms. The van der Waals surface area contributed by atoms with Gasteiger partial charge < -0.3 is 4.90 Å². The molecular weight excluding hydrogens is 333 g/mol. The molecule has 0 heterocycles. The van der Waals surface area contributed by atoms with Crippen molar-refractivity contribution in [3.8, 4) is 0 Å². The van der Waals surface area contributed by atoms with Crippen molar-refractivity contribution in [2.75, 3.05) is 18.0 Å². The summed E-state index contributed by atoms with van der Waals surface area (Å²) in [5.41, 5.74) is 1.42. The van der Waals surface area contributed by atoms with Crippen molar-refractivity contribution in [3.63, 3.8) is 0 Å². The van der Waals surface area contributed by atoms with E-state index in [1.165, 1.54) is 55.1 Å². The highest BCUT2D eigenvalue weighted by Gasteiger charge is 1.99. The van der Waals surface area contributed by atoms with Gasteiger partial charge in [-0.25, -0.2) is 0 Å². The van der Waals surface area contributed by atoms with Crippen LogP contribution in [0.2, 0.25) is 0 Å². The predicted octanol–water partition coefficient (Wildman–Crippen LogP) is 4.89. The number of unbranched alkanes of at least 4 members (excludes halogenated alkanes) is 5. The quantitative estimate of drug-likeness (QED) is 0.327. The Hall–Kier alpha value is -0.0900. The number of halogens is 1. The predicted molar refractivity (Wildman–Crippen MR) is 89.4 cm³/mol. The van der Waals surface area contributed by atoms with Crippen molar-refractivity contribution in [1.82, 2.24) is 4.90 Å². The molecule has 0 atom stereocenters. The summed E-state index contributed by atoms with van der Waals surface area (Å²) < 4.78 is 1.32. The molecular formula is C16H26IN. The first-order valence-electron chi connectivity index (χ1n) is 7.11. The van der Waals surface area contributed by atoms with Crippen LogP contribution >= 0.6 is 22.6 Å². The Balaban J connectivity index is 1.99. The summed E-state index contributed by atoms with van der Waals surface area (Å²) in [4.78, 5) is 2.43. The lowest BCUT2D eigenvalue weighted by Gasteiger charge is -2.16. The largest absolute Gasteiger partial charge is 0.302 e. The summed E-state index contributed by atoms with van der Waals surface area (Å²) in [6, 6.07) is 10.7. The number of nitrogens with zero attached hydrogens (tertiary/aromatic N) is 1. The molecule has 2 heteroatoms. The lowest BCUT2D eigenvalue weighted by molar-refractivity contribution is 0.316. The Labute approximate surface area is 126 Å². The molecule has 0 radical (unpaired) electrons. The molecule has 0 aliphatic carbocycles. The van der Waals surface area contributed by atoms with Gasteiger partial charge in [-0.3, -0.25) is 0 Å². The number of hydrogen-bond acceptors (Lipinski definition) is 1. The monoisotopic (exact) mass is 359 g/mol. The minimum Gasteiger partial charge on any atom is -0.302 e. The van der Waals surface area contributed by atoms with Crippen LogP contribution in [-0.4, -0.2) is 22.9 Å². The molecule has 1 rings (SSSR count). The van der Waals surface area contributed by atoms with Gasteiger partial charge in [0.2, 0.25) is 0 Å². The maximum Gasteiger partial charge on any atom is 0.0230 e. The van der Waals surface area contributed by atoms with Crippen LogP contribution in [0.5, 0.6) is 0 Å². The van der Waals surface area contributed by atoms with Gasteiger partial charge in [0, 0.05) is 6.54 Å². The molecule has 0 amide bonds. The Morgan fingerprint density at radius 2 is 1.50 bits per heavy atom. The van der Waals surface area contributed by atoms with Crippen LogP contribution in [0.3, 0.4) is 0 Å². The zero-order valence-electron chi connectivity index (χ0n) is 11.6. The standard InChI is InChI=1S/C16H26IN/c1-18(15-16-11-7-6-8-12-16)14-10-5-3-2-4-9-13-17/h6-8,11-12H,2-5,9-10,13-15H2,1H3. The van der Waals surface area contributed by atoms with Crippen LogP contribution in [0.4, 0.5) is 0 Å². The summed E-state index contributed by atoms with van der Waals surface area (Å²) in [5, 5.41) is 0. The summed E-state index contributed by atoms with van der Waals surface area (Å²) >= 11 is 2.47. The summed E-state index contributed by atoms with van der Waals surface area (Å²) in [5.74, 6) is 0. The van der Waals surface area contributed by atoms with Crippen molar-refractivity contribution in [2.24, 2.45) is 0 Å². The second-order valence-electron chi connectivity index (χ2n) is 5.03. The van der Waals surface area contributed by atoms with Gasteiger partial charge in [-0.2, -0.15) is 0 Å². The van der Waals surface area contributed by atoms with Crippen LogP contribution in [0, 0.1) is 0 Å². The van der Waals surface area contributed by atoms with E-state index in [-0.39, 0.29) is 0 Å². The number of rotatable bonds is 10. The van der Waals surface area contributed by atoms with E-state index in [9.17, 15) is 0 Å². The van der Waals surface area contributed by atoms with Crippen LogP contribution in [0.1, 0.15) is 44.1 Å². The van der Waals surface area contributed by atoms with Crippen LogP contribution < -0.4 is 0 Å². The van der Waals surface area contributed by atoms with Gasteiger partial charge in [0.05, 0.1) is 0 Å². The highest BCUT2D eigenvalue weighted by molar-refractivity contribution is 14.1. The molecule has 0 saturated carbocycles. The van der Waals surface area contributed by atoms with Crippen LogP contribution in [0.15, 0.2) is 30.3 Å². The highest BCUT2D eigenvalue weighted by atomic mass is 127. The smallest absolute Gasteiger partial charge is 0.0230 e. The van der Waals surface area contributed by atoms with Crippen LogP contribution in [-0.2, 0) is 6.54 Å². The average Bonchev–Trinajstić information content (AvgIpc) is 2.39. The zero-order chi connectivity index (χ0) is 13.1. The molecule has 0 bridgehead atoms. The van der Waals surface area contributed by atoms with Crippen molar-refractivity contribution in [3.05, 3.63) is 35.9 Å². The van der Waals surface area contributed by atoms with E-state index >= 15 is 0 Å². The molecule has 18 heavy (non-hydrogen) atoms. The SMILES string of the molecule is CN(CCCCCCCCI)Cc1ccccc1. The molecule has 0 aliphatic heterocycles.